The van der Waals surface area contributed by atoms with Crippen LogP contribution in [-0.2, 0) is 18.7 Å². The Bertz CT molecular complexity index is 594. The molecule has 3 fully saturated rings. The molecule has 3 aliphatic carbocycles. The molecule has 0 bridgehead atoms. The van der Waals surface area contributed by atoms with Gasteiger partial charge >= 0.3 is 0 Å². The summed E-state index contributed by atoms with van der Waals surface area (Å²) in [6, 6.07) is 0. The Labute approximate surface area is 179 Å². The van der Waals surface area contributed by atoms with Crippen molar-refractivity contribution in [1.82, 2.24) is 0 Å². The molecule has 3 saturated carbocycles. The Morgan fingerprint density at radius 1 is 1.07 bits per heavy atom. The number of hydrogen-bond acceptors (Lipinski definition) is 4. The lowest BCUT2D eigenvalue weighted by Gasteiger charge is -2.48. The number of carbonyl (C=O) groups is 1. The molecule has 0 spiro atoms. The lowest BCUT2D eigenvalue weighted by molar-refractivity contribution is -0.154. The van der Waals surface area contributed by atoms with Gasteiger partial charge in [-0.25, -0.2) is 0 Å². The first-order valence-corrected chi connectivity index (χ1v) is 14.6. The van der Waals surface area contributed by atoms with E-state index in [-0.39, 0.29) is 23.0 Å². The van der Waals surface area contributed by atoms with E-state index in [1.807, 2.05) is 0 Å². The van der Waals surface area contributed by atoms with E-state index in [1.54, 1.807) is 14.2 Å². The van der Waals surface area contributed by atoms with E-state index < -0.39 is 14.6 Å². The van der Waals surface area contributed by atoms with E-state index in [0.717, 1.165) is 12.8 Å². The number of fused-ring (bicyclic) bond motifs is 3. The van der Waals surface area contributed by atoms with Crippen molar-refractivity contribution in [3.05, 3.63) is 0 Å². The van der Waals surface area contributed by atoms with Gasteiger partial charge in [-0.15, -0.1) is 0 Å². The quantitative estimate of drug-likeness (QED) is 0.416. The molecule has 4 nitrogen and oxygen atoms in total. The van der Waals surface area contributed by atoms with Gasteiger partial charge in [0.2, 0.25) is 0 Å². The van der Waals surface area contributed by atoms with E-state index >= 15 is 0 Å². The second-order valence-electron chi connectivity index (χ2n) is 11.5. The maximum atomic E-state index is 13.4. The van der Waals surface area contributed by atoms with Crippen molar-refractivity contribution in [2.45, 2.75) is 90.8 Å². The molecule has 0 amide bonds. The fourth-order valence-electron chi connectivity index (χ4n) is 6.73. The molecule has 0 aromatic rings. The summed E-state index contributed by atoms with van der Waals surface area (Å²) in [4.78, 5) is 13.4. The van der Waals surface area contributed by atoms with Crippen molar-refractivity contribution < 1.29 is 18.7 Å². The molecule has 0 saturated heterocycles. The van der Waals surface area contributed by atoms with Gasteiger partial charge in [-0.1, -0.05) is 41.0 Å². The van der Waals surface area contributed by atoms with Crippen LogP contribution in [-0.4, -0.2) is 40.7 Å². The first-order valence-electron chi connectivity index (χ1n) is 11.7. The Hall–Kier alpha value is -0.233. The summed E-state index contributed by atoms with van der Waals surface area (Å²) in [5.74, 6) is 3.46. The zero-order chi connectivity index (χ0) is 21.7. The molecular weight excluding hydrogens is 380 g/mol. The van der Waals surface area contributed by atoms with E-state index in [0.29, 0.717) is 35.4 Å². The highest BCUT2D eigenvalue weighted by Crippen LogP contribution is 2.60. The number of Topliss-reactive ketones (excluding diaryl/α,β-unsaturated/α-hetero) is 1. The molecule has 5 heteroatoms. The van der Waals surface area contributed by atoms with Crippen molar-refractivity contribution in [1.29, 1.82) is 0 Å². The minimum Gasteiger partial charge on any atom is -0.414 e. The standard InChI is InChI=1S/C24H44O4Si/c1-10-15-14(2)11-17-16-12-19(23(26-6)27-7)22(25)18(16)13-20(21(15)17)28-29(8,9)24(3,4)5/h14-21,23H,10-13H2,1-9H3/t14-,15-,16-,17-,18+,19+,20-,21+/m1/s1. The summed E-state index contributed by atoms with van der Waals surface area (Å²) in [6.45, 7) is 16.4. The Balaban J connectivity index is 1.92. The minimum absolute atomic E-state index is 0.117. The highest BCUT2D eigenvalue weighted by Gasteiger charge is 2.60. The maximum absolute atomic E-state index is 13.4. The van der Waals surface area contributed by atoms with Gasteiger partial charge in [0.15, 0.2) is 14.6 Å². The van der Waals surface area contributed by atoms with Gasteiger partial charge < -0.3 is 13.9 Å². The molecule has 0 heterocycles. The third-order valence-electron chi connectivity index (χ3n) is 9.12. The summed E-state index contributed by atoms with van der Waals surface area (Å²) >= 11 is 0. The molecule has 0 aromatic heterocycles. The van der Waals surface area contributed by atoms with E-state index in [2.05, 4.69) is 47.7 Å². The van der Waals surface area contributed by atoms with Crippen LogP contribution in [0.25, 0.3) is 0 Å². The van der Waals surface area contributed by atoms with Crippen molar-refractivity contribution in [2.24, 2.45) is 41.4 Å². The molecule has 0 aromatic carbocycles. The summed E-state index contributed by atoms with van der Waals surface area (Å²) in [6.07, 6.45) is 4.10. The molecule has 8 atom stereocenters. The molecule has 3 aliphatic rings. The average molecular weight is 425 g/mol. The lowest BCUT2D eigenvalue weighted by Crippen LogP contribution is -2.51. The third-order valence-corrected chi connectivity index (χ3v) is 13.6. The molecular formula is C24H44O4Si. The van der Waals surface area contributed by atoms with Crippen molar-refractivity contribution in [3.8, 4) is 0 Å². The molecule has 0 radical (unpaired) electrons. The van der Waals surface area contributed by atoms with Crippen LogP contribution in [0, 0.1) is 41.4 Å². The number of carbonyl (C=O) groups excluding carboxylic acids is 1. The van der Waals surface area contributed by atoms with Gasteiger partial charge in [-0.3, -0.25) is 4.79 Å². The highest BCUT2D eigenvalue weighted by molar-refractivity contribution is 6.74. The number of methoxy groups -OCH3 is 2. The average Bonchev–Trinajstić information content (AvgIpc) is 3.13. The number of rotatable bonds is 6. The van der Waals surface area contributed by atoms with Gasteiger partial charge in [-0.2, -0.15) is 0 Å². The Morgan fingerprint density at radius 3 is 2.21 bits per heavy atom. The third kappa shape index (κ3) is 4.01. The topological polar surface area (TPSA) is 44.8 Å². The van der Waals surface area contributed by atoms with E-state index in [4.69, 9.17) is 13.9 Å². The highest BCUT2D eigenvalue weighted by atomic mass is 28.4. The first-order chi connectivity index (χ1) is 13.5. The fraction of sp³-hybridized carbons (Fsp3) is 0.958. The number of hydrogen-bond donors (Lipinski definition) is 0. The Kier molecular flexibility index (Phi) is 6.76. The van der Waals surface area contributed by atoms with Gasteiger partial charge in [0, 0.05) is 26.2 Å². The number of ketones is 1. The summed E-state index contributed by atoms with van der Waals surface area (Å²) in [7, 11) is 1.41. The van der Waals surface area contributed by atoms with Gasteiger partial charge in [0.25, 0.3) is 0 Å². The van der Waals surface area contributed by atoms with Crippen molar-refractivity contribution in [3.63, 3.8) is 0 Å². The van der Waals surface area contributed by atoms with Crippen LogP contribution >= 0.6 is 0 Å². The van der Waals surface area contributed by atoms with Crippen LogP contribution in [0.4, 0.5) is 0 Å². The lowest BCUT2D eigenvalue weighted by atomic mass is 9.65. The zero-order valence-corrected chi connectivity index (χ0v) is 21.2. The first kappa shape index (κ1) is 23.4. The van der Waals surface area contributed by atoms with Gasteiger partial charge in [0.05, 0.1) is 5.92 Å². The van der Waals surface area contributed by atoms with Crippen LogP contribution in [0.2, 0.25) is 18.1 Å². The van der Waals surface area contributed by atoms with E-state index in [1.165, 1.54) is 12.8 Å². The summed E-state index contributed by atoms with van der Waals surface area (Å²) in [5.41, 5.74) is 0. The summed E-state index contributed by atoms with van der Waals surface area (Å²) in [5, 5.41) is 0.185. The molecule has 0 aliphatic heterocycles. The van der Waals surface area contributed by atoms with Crippen LogP contribution in [0.3, 0.4) is 0 Å². The van der Waals surface area contributed by atoms with Crippen LogP contribution in [0.5, 0.6) is 0 Å². The minimum atomic E-state index is -1.90. The zero-order valence-electron chi connectivity index (χ0n) is 20.2. The molecule has 0 unspecified atom stereocenters. The Morgan fingerprint density at radius 2 is 1.69 bits per heavy atom. The fourth-order valence-corrected chi connectivity index (χ4v) is 8.09. The molecule has 3 rings (SSSR count). The van der Waals surface area contributed by atoms with Crippen LogP contribution < -0.4 is 0 Å². The van der Waals surface area contributed by atoms with Crippen LogP contribution in [0.1, 0.15) is 60.3 Å². The van der Waals surface area contributed by atoms with Gasteiger partial charge in [0.1, 0.15) is 5.78 Å². The largest absolute Gasteiger partial charge is 0.414 e. The van der Waals surface area contributed by atoms with E-state index in [9.17, 15) is 4.79 Å². The normalized spacial score (nSPS) is 40.4. The van der Waals surface area contributed by atoms with Crippen molar-refractivity contribution in [2.75, 3.05) is 14.2 Å². The number of ether oxygens (including phenoxy) is 2. The molecule has 0 N–H and O–H groups in total. The second kappa shape index (κ2) is 8.37. The SMILES string of the molecule is CC[C@H]1[C@H]2[C@H](C[C@H]1C)[C@H]1C[C@H](C(OC)OC)C(=O)[C@H]1C[C@H]2O[Si](C)(C)C(C)(C)C. The predicted octanol–water partition coefficient (Wildman–Crippen LogP) is 5.52. The maximum Gasteiger partial charge on any atom is 0.192 e. The smallest absolute Gasteiger partial charge is 0.192 e. The summed E-state index contributed by atoms with van der Waals surface area (Å²) < 4.78 is 18.1. The van der Waals surface area contributed by atoms with Crippen molar-refractivity contribution >= 4 is 14.1 Å². The predicted molar refractivity (Wildman–Crippen MR) is 119 cm³/mol. The van der Waals surface area contributed by atoms with Gasteiger partial charge in [-0.05, 0) is 67.0 Å². The molecule has 168 valence electrons. The van der Waals surface area contributed by atoms with Crippen LogP contribution in [0.15, 0.2) is 0 Å². The molecule has 29 heavy (non-hydrogen) atoms. The second-order valence-corrected chi connectivity index (χ2v) is 16.3. The monoisotopic (exact) mass is 424 g/mol.